The highest BCUT2D eigenvalue weighted by molar-refractivity contribution is 5.74. The van der Waals surface area contributed by atoms with E-state index < -0.39 is 0 Å². The fourth-order valence-electron chi connectivity index (χ4n) is 6.89. The third-order valence-corrected chi connectivity index (χ3v) is 8.19. The molecular formula is C27H50N4O. The molecule has 2 fully saturated rings. The predicted octanol–water partition coefficient (Wildman–Crippen LogP) is 5.39. The minimum atomic E-state index is 0.00767. The van der Waals surface area contributed by atoms with Crippen LogP contribution in [-0.4, -0.2) is 87.1 Å². The van der Waals surface area contributed by atoms with Gasteiger partial charge in [0.1, 0.15) is 0 Å². The third-order valence-electron chi connectivity index (χ3n) is 8.19. The summed E-state index contributed by atoms with van der Waals surface area (Å²) in [6, 6.07) is 0.586. The zero-order chi connectivity index (χ0) is 24.7. The first kappa shape index (κ1) is 26.9. The monoisotopic (exact) mass is 446 g/mol. The number of amides is 2. The van der Waals surface area contributed by atoms with Crippen molar-refractivity contribution in [1.82, 2.24) is 19.6 Å². The van der Waals surface area contributed by atoms with E-state index in [0.29, 0.717) is 0 Å². The number of carbonyl (C=O) groups is 1. The average Bonchev–Trinajstić information content (AvgIpc) is 2.64. The minimum Gasteiger partial charge on any atom is -0.325 e. The molecule has 0 unspecified atom stereocenters. The maximum Gasteiger partial charge on any atom is 0.319 e. The second-order valence-corrected chi connectivity index (χ2v) is 12.7. The molecule has 2 heterocycles. The van der Waals surface area contributed by atoms with Crippen molar-refractivity contribution in [3.8, 4) is 0 Å². The van der Waals surface area contributed by atoms with Gasteiger partial charge in [0.2, 0.25) is 0 Å². The van der Waals surface area contributed by atoms with Crippen LogP contribution in [0.25, 0.3) is 0 Å². The molecular weight excluding hydrogens is 396 g/mol. The van der Waals surface area contributed by atoms with E-state index in [0.717, 1.165) is 38.8 Å². The summed E-state index contributed by atoms with van der Waals surface area (Å²) in [5.74, 6) is 0. The summed E-state index contributed by atoms with van der Waals surface area (Å²) in [4.78, 5) is 22.8. The van der Waals surface area contributed by atoms with Crippen molar-refractivity contribution in [3.63, 3.8) is 0 Å². The van der Waals surface area contributed by atoms with Crippen molar-refractivity contribution in [2.75, 3.05) is 27.2 Å². The Kier molecular flexibility index (Phi) is 7.68. The van der Waals surface area contributed by atoms with Crippen LogP contribution >= 0.6 is 0 Å². The fraction of sp³-hybridized carbons (Fsp3) is 0.815. The van der Waals surface area contributed by atoms with E-state index in [1.54, 1.807) is 0 Å². The van der Waals surface area contributed by atoms with Crippen molar-refractivity contribution in [2.24, 2.45) is 0 Å². The molecule has 184 valence electrons. The second kappa shape index (κ2) is 9.13. The normalized spacial score (nSPS) is 25.8. The van der Waals surface area contributed by atoms with Gasteiger partial charge in [-0.05, 0) is 81.1 Å². The van der Waals surface area contributed by atoms with E-state index in [1.807, 2.05) is 36.0 Å². The molecule has 2 aliphatic heterocycles. The Bertz CT molecular complexity index is 614. The molecule has 0 aromatic carbocycles. The van der Waals surface area contributed by atoms with Gasteiger partial charge in [0.15, 0.2) is 0 Å². The van der Waals surface area contributed by atoms with Crippen LogP contribution in [-0.2, 0) is 0 Å². The van der Waals surface area contributed by atoms with Gasteiger partial charge in [-0.15, -0.1) is 13.2 Å². The number of piperidine rings is 2. The molecule has 5 heteroatoms. The maximum atomic E-state index is 13.7. The molecule has 2 amide bonds. The van der Waals surface area contributed by atoms with E-state index in [1.165, 1.54) is 0 Å². The highest BCUT2D eigenvalue weighted by Crippen LogP contribution is 2.42. The number of hydrogen-bond acceptors (Lipinski definition) is 3. The predicted molar refractivity (Wildman–Crippen MR) is 137 cm³/mol. The van der Waals surface area contributed by atoms with Crippen molar-refractivity contribution < 1.29 is 4.79 Å². The first-order valence-corrected chi connectivity index (χ1v) is 12.3. The summed E-state index contributed by atoms with van der Waals surface area (Å²) in [5.41, 5.74) is 0.0307. The molecule has 2 rings (SSSR count). The van der Waals surface area contributed by atoms with Crippen LogP contribution in [0.3, 0.4) is 0 Å². The molecule has 0 saturated carbocycles. The number of urea groups is 1. The summed E-state index contributed by atoms with van der Waals surface area (Å²) >= 11 is 0. The van der Waals surface area contributed by atoms with Crippen molar-refractivity contribution >= 4 is 6.03 Å². The maximum absolute atomic E-state index is 13.7. The molecule has 0 aromatic rings. The van der Waals surface area contributed by atoms with Gasteiger partial charge in [-0.1, -0.05) is 12.2 Å². The van der Waals surface area contributed by atoms with Gasteiger partial charge in [-0.3, -0.25) is 9.80 Å². The van der Waals surface area contributed by atoms with Gasteiger partial charge in [0, 0.05) is 61.4 Å². The van der Waals surface area contributed by atoms with Gasteiger partial charge < -0.3 is 9.80 Å². The van der Waals surface area contributed by atoms with E-state index in [9.17, 15) is 4.79 Å². The quantitative estimate of drug-likeness (QED) is 0.513. The van der Waals surface area contributed by atoms with Gasteiger partial charge in [0.25, 0.3) is 0 Å². The first-order chi connectivity index (χ1) is 14.5. The topological polar surface area (TPSA) is 30.0 Å². The van der Waals surface area contributed by atoms with Crippen LogP contribution in [0.4, 0.5) is 4.79 Å². The molecule has 0 aliphatic carbocycles. The van der Waals surface area contributed by atoms with E-state index in [-0.39, 0.29) is 40.3 Å². The Morgan fingerprint density at radius 3 is 1.19 bits per heavy atom. The van der Waals surface area contributed by atoms with E-state index in [2.05, 4.69) is 78.3 Å². The lowest BCUT2D eigenvalue weighted by Gasteiger charge is -2.58. The smallest absolute Gasteiger partial charge is 0.319 e. The Hall–Kier alpha value is -1.33. The summed E-state index contributed by atoms with van der Waals surface area (Å²) in [5, 5.41) is 0. The Morgan fingerprint density at radius 2 is 0.969 bits per heavy atom. The molecule has 0 N–H and O–H groups in total. The summed E-state index contributed by atoms with van der Waals surface area (Å²) in [7, 11) is 4.00. The molecule has 2 saturated heterocycles. The minimum absolute atomic E-state index is 0.00767. The van der Waals surface area contributed by atoms with Gasteiger partial charge >= 0.3 is 6.03 Å². The number of nitrogens with zero attached hydrogens (tertiary/aromatic N) is 4. The standard InChI is InChI=1S/C27H50N4O/c1-13-15-30-24(3,4)17-21(18-25(30,5)6)28(11)23(32)29(12)22-19-26(7,8)31(16-14-2)27(9,10)20-22/h13-14,21-22H,1-2,15-20H2,3-12H3. The van der Waals surface area contributed by atoms with Crippen molar-refractivity contribution in [1.29, 1.82) is 0 Å². The lowest BCUT2D eigenvalue weighted by molar-refractivity contribution is -0.0582. The highest BCUT2D eigenvalue weighted by atomic mass is 16.2. The molecule has 0 spiro atoms. The zero-order valence-electron chi connectivity index (χ0n) is 22.7. The van der Waals surface area contributed by atoms with Crippen LogP contribution in [0.5, 0.6) is 0 Å². The number of carbonyl (C=O) groups excluding carboxylic acids is 1. The van der Waals surface area contributed by atoms with Crippen LogP contribution in [0.1, 0.15) is 81.1 Å². The van der Waals surface area contributed by atoms with Gasteiger partial charge in [0.05, 0.1) is 0 Å². The zero-order valence-corrected chi connectivity index (χ0v) is 22.7. The molecule has 0 aromatic heterocycles. The number of hydrogen-bond donors (Lipinski definition) is 0. The molecule has 0 radical (unpaired) electrons. The van der Waals surface area contributed by atoms with Crippen LogP contribution in [0, 0.1) is 0 Å². The van der Waals surface area contributed by atoms with E-state index >= 15 is 0 Å². The lowest BCUT2D eigenvalue weighted by atomic mass is 9.76. The Balaban J connectivity index is 2.19. The van der Waals surface area contributed by atoms with Crippen molar-refractivity contribution in [3.05, 3.63) is 25.3 Å². The van der Waals surface area contributed by atoms with Crippen molar-refractivity contribution in [2.45, 2.75) is 115 Å². The van der Waals surface area contributed by atoms with E-state index in [4.69, 9.17) is 0 Å². The lowest BCUT2D eigenvalue weighted by Crippen LogP contribution is -2.66. The number of rotatable bonds is 6. The van der Waals surface area contributed by atoms with Crippen LogP contribution in [0.15, 0.2) is 25.3 Å². The summed E-state index contributed by atoms with van der Waals surface area (Å²) < 4.78 is 0. The Labute approximate surface area is 198 Å². The third kappa shape index (κ3) is 5.25. The summed E-state index contributed by atoms with van der Waals surface area (Å²) in [6.07, 6.45) is 7.86. The first-order valence-electron chi connectivity index (χ1n) is 12.3. The fourth-order valence-corrected chi connectivity index (χ4v) is 6.89. The molecule has 5 nitrogen and oxygen atoms in total. The van der Waals surface area contributed by atoms with Gasteiger partial charge in [-0.2, -0.15) is 0 Å². The molecule has 2 aliphatic rings. The molecule has 32 heavy (non-hydrogen) atoms. The van der Waals surface area contributed by atoms with Crippen LogP contribution in [0.2, 0.25) is 0 Å². The summed E-state index contributed by atoms with van der Waals surface area (Å²) in [6.45, 7) is 28.1. The highest BCUT2D eigenvalue weighted by Gasteiger charge is 2.49. The Morgan fingerprint density at radius 1 is 0.719 bits per heavy atom. The average molecular weight is 447 g/mol. The SMILES string of the molecule is C=CCN1C(C)(C)CC(N(C)C(=O)N(C)C2CC(C)(C)N(CC=C)C(C)(C)C2)CC1(C)C. The second-order valence-electron chi connectivity index (χ2n) is 12.7. The number of likely N-dealkylation sites (tertiary alicyclic amines) is 2. The van der Waals surface area contributed by atoms with Gasteiger partial charge in [-0.25, -0.2) is 4.79 Å². The molecule has 0 atom stereocenters. The molecule has 0 bridgehead atoms. The van der Waals surface area contributed by atoms with Crippen LogP contribution < -0.4 is 0 Å². The largest absolute Gasteiger partial charge is 0.325 e.